The molecule has 0 aliphatic carbocycles. The molecule has 1 rings (SSSR count). The Morgan fingerprint density at radius 3 is 2.42 bits per heavy atom. The van der Waals surface area contributed by atoms with E-state index in [2.05, 4.69) is 19.2 Å². The zero-order valence-corrected chi connectivity index (χ0v) is 12.5. The second-order valence-electron chi connectivity index (χ2n) is 4.92. The van der Waals surface area contributed by atoms with Crippen LogP contribution in [0.2, 0.25) is 0 Å². The van der Waals surface area contributed by atoms with Crippen LogP contribution in [0.4, 0.5) is 0 Å². The van der Waals surface area contributed by atoms with Gasteiger partial charge in [-0.15, -0.1) is 11.6 Å². The number of ether oxygens (including phenoxy) is 1. The number of carbonyl (C=O) groups is 1. The molecule has 0 bridgehead atoms. The fraction of sp³-hybridized carbons (Fsp3) is 0.533. The minimum atomic E-state index is 0.0463. The van der Waals surface area contributed by atoms with E-state index in [9.17, 15) is 4.79 Å². The van der Waals surface area contributed by atoms with Crippen molar-refractivity contribution in [3.05, 3.63) is 29.8 Å². The van der Waals surface area contributed by atoms with Gasteiger partial charge in [0.25, 0.3) is 0 Å². The van der Waals surface area contributed by atoms with Gasteiger partial charge in [0.1, 0.15) is 5.75 Å². The van der Waals surface area contributed by atoms with Gasteiger partial charge in [-0.3, -0.25) is 4.79 Å². The van der Waals surface area contributed by atoms with Gasteiger partial charge in [0.05, 0.1) is 7.11 Å². The third kappa shape index (κ3) is 5.52. The van der Waals surface area contributed by atoms with E-state index >= 15 is 0 Å². The third-order valence-electron chi connectivity index (χ3n) is 3.12. The first-order valence-electron chi connectivity index (χ1n) is 6.55. The smallest absolute Gasteiger partial charge is 0.220 e. The number of carbonyl (C=O) groups excluding carboxylic acids is 1. The highest BCUT2D eigenvalue weighted by Crippen LogP contribution is 2.12. The molecule has 1 unspecified atom stereocenters. The second kappa shape index (κ2) is 8.05. The topological polar surface area (TPSA) is 38.3 Å². The number of benzene rings is 1. The molecule has 1 N–H and O–H groups in total. The van der Waals surface area contributed by atoms with Crippen LogP contribution < -0.4 is 10.1 Å². The van der Waals surface area contributed by atoms with Gasteiger partial charge in [-0.1, -0.05) is 26.0 Å². The van der Waals surface area contributed by atoms with Crippen molar-refractivity contribution in [2.24, 2.45) is 5.92 Å². The molecule has 3 nitrogen and oxygen atoms in total. The zero-order valence-electron chi connectivity index (χ0n) is 11.8. The minimum Gasteiger partial charge on any atom is -0.497 e. The summed E-state index contributed by atoms with van der Waals surface area (Å²) >= 11 is 5.83. The first kappa shape index (κ1) is 15.8. The molecular weight excluding hydrogens is 262 g/mol. The SMILES string of the molecule is COc1ccc(CCC(=O)NC(CCl)C(C)C)cc1. The lowest BCUT2D eigenvalue weighted by molar-refractivity contribution is -0.121. The molecule has 0 saturated heterocycles. The summed E-state index contributed by atoms with van der Waals surface area (Å²) in [6, 6.07) is 7.82. The van der Waals surface area contributed by atoms with Crippen LogP contribution in [-0.4, -0.2) is 24.9 Å². The van der Waals surface area contributed by atoms with Crippen LogP contribution in [0.1, 0.15) is 25.8 Å². The highest BCUT2D eigenvalue weighted by atomic mass is 35.5. The van der Waals surface area contributed by atoms with Crippen LogP contribution in [0.15, 0.2) is 24.3 Å². The molecule has 0 aromatic heterocycles. The lowest BCUT2D eigenvalue weighted by Gasteiger charge is -2.19. The van der Waals surface area contributed by atoms with Crippen molar-refractivity contribution < 1.29 is 9.53 Å². The van der Waals surface area contributed by atoms with E-state index in [1.54, 1.807) is 7.11 Å². The molecule has 1 atom stereocenters. The van der Waals surface area contributed by atoms with E-state index < -0.39 is 0 Å². The maximum Gasteiger partial charge on any atom is 0.220 e. The number of hydrogen-bond donors (Lipinski definition) is 1. The normalized spacial score (nSPS) is 12.3. The first-order valence-corrected chi connectivity index (χ1v) is 7.08. The molecule has 19 heavy (non-hydrogen) atoms. The molecule has 0 aliphatic heterocycles. The fourth-order valence-corrected chi connectivity index (χ4v) is 2.15. The van der Waals surface area contributed by atoms with Gasteiger partial charge >= 0.3 is 0 Å². The number of amides is 1. The van der Waals surface area contributed by atoms with Crippen molar-refractivity contribution in [3.8, 4) is 5.75 Å². The Bertz CT molecular complexity index is 390. The van der Waals surface area contributed by atoms with Gasteiger partial charge in [-0.05, 0) is 30.0 Å². The summed E-state index contributed by atoms with van der Waals surface area (Å²) in [7, 11) is 1.64. The summed E-state index contributed by atoms with van der Waals surface area (Å²) in [5.74, 6) is 1.68. The number of halogens is 1. The predicted octanol–water partition coefficient (Wildman–Crippen LogP) is 3.01. The highest BCUT2D eigenvalue weighted by Gasteiger charge is 2.14. The van der Waals surface area contributed by atoms with Crippen LogP contribution in [0, 0.1) is 5.92 Å². The molecule has 1 amide bonds. The van der Waals surface area contributed by atoms with E-state index in [1.165, 1.54) is 0 Å². The van der Waals surface area contributed by atoms with Crippen LogP contribution >= 0.6 is 11.6 Å². The maximum absolute atomic E-state index is 11.8. The molecule has 0 saturated carbocycles. The van der Waals surface area contributed by atoms with Gasteiger partial charge in [0.15, 0.2) is 0 Å². The van der Waals surface area contributed by atoms with E-state index in [-0.39, 0.29) is 11.9 Å². The molecule has 4 heteroatoms. The predicted molar refractivity (Wildman–Crippen MR) is 78.8 cm³/mol. The Morgan fingerprint density at radius 2 is 1.95 bits per heavy atom. The number of nitrogens with one attached hydrogen (secondary N) is 1. The third-order valence-corrected chi connectivity index (χ3v) is 3.45. The summed E-state index contributed by atoms with van der Waals surface area (Å²) in [4.78, 5) is 11.8. The van der Waals surface area contributed by atoms with Crippen molar-refractivity contribution in [1.29, 1.82) is 0 Å². The van der Waals surface area contributed by atoms with Crippen molar-refractivity contribution in [2.45, 2.75) is 32.7 Å². The Balaban J connectivity index is 2.40. The van der Waals surface area contributed by atoms with E-state index in [0.717, 1.165) is 17.7 Å². The quantitative estimate of drug-likeness (QED) is 0.781. The van der Waals surface area contributed by atoms with E-state index in [1.807, 2.05) is 24.3 Å². The molecule has 0 spiro atoms. The van der Waals surface area contributed by atoms with E-state index in [0.29, 0.717) is 18.2 Å². The van der Waals surface area contributed by atoms with Gasteiger partial charge < -0.3 is 10.1 Å². The molecule has 106 valence electrons. The van der Waals surface area contributed by atoms with Gasteiger partial charge in [-0.25, -0.2) is 0 Å². The largest absolute Gasteiger partial charge is 0.497 e. The maximum atomic E-state index is 11.8. The minimum absolute atomic E-state index is 0.0463. The summed E-state index contributed by atoms with van der Waals surface area (Å²) in [6.45, 7) is 4.10. The van der Waals surface area contributed by atoms with Crippen LogP contribution in [0.3, 0.4) is 0 Å². The van der Waals surface area contributed by atoms with Crippen molar-refractivity contribution in [1.82, 2.24) is 5.32 Å². The summed E-state index contributed by atoms with van der Waals surface area (Å²) < 4.78 is 5.09. The summed E-state index contributed by atoms with van der Waals surface area (Å²) in [5, 5.41) is 2.96. The molecule has 1 aromatic rings. The van der Waals surface area contributed by atoms with Crippen molar-refractivity contribution in [3.63, 3.8) is 0 Å². The molecule has 0 aliphatic rings. The first-order chi connectivity index (χ1) is 9.06. The second-order valence-corrected chi connectivity index (χ2v) is 5.23. The molecular formula is C15H22ClNO2. The summed E-state index contributed by atoms with van der Waals surface area (Å²) in [5.41, 5.74) is 1.13. The highest BCUT2D eigenvalue weighted by molar-refractivity contribution is 6.18. The van der Waals surface area contributed by atoms with Crippen LogP contribution in [0.5, 0.6) is 5.75 Å². The molecule has 0 heterocycles. The van der Waals surface area contributed by atoms with Crippen LogP contribution in [-0.2, 0) is 11.2 Å². The lowest BCUT2D eigenvalue weighted by Crippen LogP contribution is -2.39. The Morgan fingerprint density at radius 1 is 1.32 bits per heavy atom. The van der Waals surface area contributed by atoms with E-state index in [4.69, 9.17) is 16.3 Å². The Hall–Kier alpha value is -1.22. The zero-order chi connectivity index (χ0) is 14.3. The number of rotatable bonds is 7. The number of methoxy groups -OCH3 is 1. The molecule has 0 fully saturated rings. The standard InChI is InChI=1S/C15H22ClNO2/c1-11(2)14(10-16)17-15(18)9-6-12-4-7-13(19-3)8-5-12/h4-5,7-8,11,14H,6,9-10H2,1-3H3,(H,17,18). The Labute approximate surface area is 120 Å². The van der Waals surface area contributed by atoms with Crippen LogP contribution in [0.25, 0.3) is 0 Å². The number of hydrogen-bond acceptors (Lipinski definition) is 2. The van der Waals surface area contributed by atoms with Crippen molar-refractivity contribution >= 4 is 17.5 Å². The number of aryl methyl sites for hydroxylation is 1. The average Bonchev–Trinajstić information content (AvgIpc) is 2.42. The van der Waals surface area contributed by atoms with Gasteiger partial charge in [-0.2, -0.15) is 0 Å². The fourth-order valence-electron chi connectivity index (χ4n) is 1.71. The van der Waals surface area contributed by atoms with Gasteiger partial charge in [0.2, 0.25) is 5.91 Å². The summed E-state index contributed by atoms with van der Waals surface area (Å²) in [6.07, 6.45) is 1.20. The molecule has 0 radical (unpaired) electrons. The molecule has 1 aromatic carbocycles. The lowest BCUT2D eigenvalue weighted by atomic mass is 10.1. The average molecular weight is 284 g/mol. The Kier molecular flexibility index (Phi) is 6.71. The van der Waals surface area contributed by atoms with Gasteiger partial charge in [0, 0.05) is 18.3 Å². The monoisotopic (exact) mass is 283 g/mol. The number of alkyl halides is 1. The van der Waals surface area contributed by atoms with Crippen molar-refractivity contribution in [2.75, 3.05) is 13.0 Å².